The van der Waals surface area contributed by atoms with Gasteiger partial charge in [-0.2, -0.15) is 0 Å². The van der Waals surface area contributed by atoms with Gasteiger partial charge >= 0.3 is 0 Å². The predicted octanol–water partition coefficient (Wildman–Crippen LogP) is 3.18. The van der Waals surface area contributed by atoms with Gasteiger partial charge in [0.15, 0.2) is 0 Å². The van der Waals surface area contributed by atoms with Crippen molar-refractivity contribution in [2.24, 2.45) is 4.99 Å². The van der Waals surface area contributed by atoms with E-state index in [1.165, 1.54) is 0 Å². The van der Waals surface area contributed by atoms with Crippen LogP contribution in [0.5, 0.6) is 0 Å². The lowest BCUT2D eigenvalue weighted by Gasteiger charge is -2.32. The van der Waals surface area contributed by atoms with E-state index < -0.39 is 0 Å². The first-order chi connectivity index (χ1) is 9.13. The molecule has 2 rings (SSSR count). The van der Waals surface area contributed by atoms with Crippen molar-refractivity contribution in [3.8, 4) is 0 Å². The molecule has 1 aromatic rings. The molecule has 0 aromatic heterocycles. The van der Waals surface area contributed by atoms with Gasteiger partial charge in [-0.15, -0.1) is 0 Å². The third kappa shape index (κ3) is 3.16. The maximum absolute atomic E-state index is 12.1. The van der Waals surface area contributed by atoms with Gasteiger partial charge in [-0.3, -0.25) is 9.79 Å². The molecule has 0 bridgehead atoms. The van der Waals surface area contributed by atoms with Crippen LogP contribution in [-0.4, -0.2) is 24.2 Å². The largest absolute Gasteiger partial charge is 0.354 e. The second-order valence-electron chi connectivity index (χ2n) is 4.89. The highest BCUT2D eigenvalue weighted by Crippen LogP contribution is 2.32. The maximum atomic E-state index is 12.1. The summed E-state index contributed by atoms with van der Waals surface area (Å²) in [5, 5.41) is 3.65. The fraction of sp³-hybridized carbons (Fsp3) is 0.467. The normalized spacial score (nSPS) is 21.5. The summed E-state index contributed by atoms with van der Waals surface area (Å²) in [6.45, 7) is 4.80. The van der Waals surface area contributed by atoms with Crippen LogP contribution in [-0.2, 0) is 4.79 Å². The lowest BCUT2D eigenvalue weighted by Crippen LogP contribution is -2.46. The van der Waals surface area contributed by atoms with E-state index in [0.717, 1.165) is 30.7 Å². The predicted molar refractivity (Wildman–Crippen MR) is 79.0 cm³/mol. The molecule has 1 aromatic carbocycles. The molecule has 0 fully saturated rings. The number of amides is 1. The molecule has 2 atom stereocenters. The summed E-state index contributed by atoms with van der Waals surface area (Å²) >= 11 is 5.89. The zero-order chi connectivity index (χ0) is 13.8. The van der Waals surface area contributed by atoms with Gasteiger partial charge in [0.25, 0.3) is 0 Å². The number of carbonyl (C=O) groups is 1. The fourth-order valence-electron chi connectivity index (χ4n) is 2.32. The van der Waals surface area contributed by atoms with E-state index >= 15 is 0 Å². The van der Waals surface area contributed by atoms with Crippen molar-refractivity contribution in [1.29, 1.82) is 0 Å². The summed E-state index contributed by atoms with van der Waals surface area (Å²) in [6, 6.07) is 7.37. The summed E-state index contributed by atoms with van der Waals surface area (Å²) in [5.74, 6) is 0.123. The molecule has 102 valence electrons. The van der Waals surface area contributed by atoms with Crippen molar-refractivity contribution >= 4 is 23.2 Å². The zero-order valence-electron chi connectivity index (χ0n) is 11.3. The Hall–Kier alpha value is -1.35. The van der Waals surface area contributed by atoms with Crippen molar-refractivity contribution < 1.29 is 4.79 Å². The summed E-state index contributed by atoms with van der Waals surface area (Å²) in [7, 11) is 0. The number of nitrogens with zero attached hydrogens (tertiary/aromatic N) is 1. The third-order valence-corrected chi connectivity index (χ3v) is 3.69. The van der Waals surface area contributed by atoms with E-state index in [4.69, 9.17) is 11.6 Å². The second kappa shape index (κ2) is 6.20. The standard InChI is InChI=1S/C15H19ClN2O/c1-3-4-9-17-15(19)14-13(10(2)18-14)11-5-7-12(16)8-6-11/h5-8,13-14H,3-4,9H2,1-2H3,(H,17,19)/t13-,14-/m1/s1. The number of halogens is 1. The highest BCUT2D eigenvalue weighted by Gasteiger charge is 2.38. The molecule has 1 heterocycles. The average Bonchev–Trinajstić information content (AvgIpc) is 2.38. The molecule has 0 spiro atoms. The van der Waals surface area contributed by atoms with Gasteiger partial charge in [-0.25, -0.2) is 0 Å². The highest BCUT2D eigenvalue weighted by atomic mass is 35.5. The molecule has 3 nitrogen and oxygen atoms in total. The molecule has 0 radical (unpaired) electrons. The Kier molecular flexibility index (Phi) is 4.59. The summed E-state index contributed by atoms with van der Waals surface area (Å²) in [6.07, 6.45) is 2.08. The third-order valence-electron chi connectivity index (χ3n) is 3.44. The minimum Gasteiger partial charge on any atom is -0.354 e. The van der Waals surface area contributed by atoms with E-state index in [0.29, 0.717) is 5.02 Å². The number of nitrogens with one attached hydrogen (secondary N) is 1. The fourth-order valence-corrected chi connectivity index (χ4v) is 2.44. The first-order valence-corrected chi connectivity index (χ1v) is 7.08. The number of benzene rings is 1. The molecule has 0 unspecified atom stereocenters. The first-order valence-electron chi connectivity index (χ1n) is 6.71. The van der Waals surface area contributed by atoms with Crippen LogP contribution in [0.3, 0.4) is 0 Å². The molecular formula is C15H19ClN2O. The summed E-state index contributed by atoms with van der Waals surface area (Å²) in [5.41, 5.74) is 2.12. The maximum Gasteiger partial charge on any atom is 0.245 e. The minimum absolute atomic E-state index is 0.0269. The first kappa shape index (κ1) is 14.1. The Balaban J connectivity index is 2.03. The number of unbranched alkanes of at least 4 members (excludes halogenated alkanes) is 1. The van der Waals surface area contributed by atoms with Crippen LogP contribution in [0.4, 0.5) is 0 Å². The van der Waals surface area contributed by atoms with E-state index in [9.17, 15) is 4.79 Å². The minimum atomic E-state index is -0.280. The van der Waals surface area contributed by atoms with Gasteiger partial charge in [0.1, 0.15) is 6.04 Å². The lowest BCUT2D eigenvalue weighted by molar-refractivity contribution is -0.122. The van der Waals surface area contributed by atoms with Crippen LogP contribution in [0.2, 0.25) is 5.02 Å². The second-order valence-corrected chi connectivity index (χ2v) is 5.33. The molecule has 1 N–H and O–H groups in total. The number of carbonyl (C=O) groups excluding carboxylic acids is 1. The molecular weight excluding hydrogens is 260 g/mol. The van der Waals surface area contributed by atoms with Gasteiger partial charge in [0.2, 0.25) is 5.91 Å². The molecule has 0 saturated carbocycles. The van der Waals surface area contributed by atoms with Crippen molar-refractivity contribution in [3.05, 3.63) is 34.9 Å². The van der Waals surface area contributed by atoms with Crippen LogP contribution in [0.15, 0.2) is 29.3 Å². The highest BCUT2D eigenvalue weighted by molar-refractivity contribution is 6.30. The number of hydrogen-bond acceptors (Lipinski definition) is 2. The molecule has 0 aliphatic carbocycles. The van der Waals surface area contributed by atoms with Gasteiger partial charge in [0, 0.05) is 17.3 Å². The van der Waals surface area contributed by atoms with Crippen molar-refractivity contribution in [2.45, 2.75) is 38.6 Å². The average molecular weight is 279 g/mol. The lowest BCUT2D eigenvalue weighted by atomic mass is 9.82. The number of hydrogen-bond donors (Lipinski definition) is 1. The Morgan fingerprint density at radius 3 is 2.63 bits per heavy atom. The summed E-state index contributed by atoms with van der Waals surface area (Å²) in [4.78, 5) is 16.4. The molecule has 1 amide bonds. The van der Waals surface area contributed by atoms with E-state index in [1.807, 2.05) is 31.2 Å². The topological polar surface area (TPSA) is 41.5 Å². The molecule has 1 aliphatic heterocycles. The Bertz CT molecular complexity index is 481. The smallest absolute Gasteiger partial charge is 0.245 e. The van der Waals surface area contributed by atoms with Crippen molar-refractivity contribution in [1.82, 2.24) is 5.32 Å². The molecule has 19 heavy (non-hydrogen) atoms. The van der Waals surface area contributed by atoms with E-state index in [2.05, 4.69) is 17.2 Å². The van der Waals surface area contributed by atoms with Crippen LogP contribution >= 0.6 is 11.6 Å². The Morgan fingerprint density at radius 2 is 2.05 bits per heavy atom. The zero-order valence-corrected chi connectivity index (χ0v) is 12.1. The number of aliphatic imine (C=N–C) groups is 1. The van der Waals surface area contributed by atoms with Crippen LogP contribution in [0.1, 0.15) is 38.2 Å². The molecule has 4 heteroatoms. The van der Waals surface area contributed by atoms with E-state index in [-0.39, 0.29) is 17.9 Å². The van der Waals surface area contributed by atoms with Gasteiger partial charge in [0.05, 0.1) is 5.92 Å². The molecule has 1 aliphatic rings. The van der Waals surface area contributed by atoms with E-state index in [1.54, 1.807) is 0 Å². The van der Waals surface area contributed by atoms with Gasteiger partial charge in [-0.1, -0.05) is 37.1 Å². The van der Waals surface area contributed by atoms with Crippen LogP contribution in [0.25, 0.3) is 0 Å². The summed E-state index contributed by atoms with van der Waals surface area (Å²) < 4.78 is 0. The van der Waals surface area contributed by atoms with Crippen molar-refractivity contribution in [2.75, 3.05) is 6.54 Å². The van der Waals surface area contributed by atoms with Gasteiger partial charge in [-0.05, 0) is 31.0 Å². The van der Waals surface area contributed by atoms with Crippen molar-refractivity contribution in [3.63, 3.8) is 0 Å². The van der Waals surface area contributed by atoms with Crippen LogP contribution < -0.4 is 5.32 Å². The number of rotatable bonds is 5. The monoisotopic (exact) mass is 278 g/mol. The Morgan fingerprint density at radius 1 is 1.37 bits per heavy atom. The SMILES string of the molecule is CCCCNC(=O)[C@@H]1N=C(C)[C@@H]1c1ccc(Cl)cc1. The van der Waals surface area contributed by atoms with Crippen LogP contribution in [0, 0.1) is 0 Å². The van der Waals surface area contributed by atoms with Gasteiger partial charge < -0.3 is 5.32 Å². The quantitative estimate of drug-likeness (QED) is 0.826. The molecule has 0 saturated heterocycles. The Labute approximate surface area is 119 Å².